The Balaban J connectivity index is 1.69. The van der Waals surface area contributed by atoms with Crippen LogP contribution in [-0.2, 0) is 10.0 Å². The summed E-state index contributed by atoms with van der Waals surface area (Å²) in [5.74, 6) is 0.453. The minimum atomic E-state index is -3.79. The van der Waals surface area contributed by atoms with E-state index in [1.165, 1.54) is 16.4 Å². The molecule has 0 spiro atoms. The fourth-order valence-electron chi connectivity index (χ4n) is 4.07. The van der Waals surface area contributed by atoms with E-state index in [9.17, 15) is 13.2 Å². The van der Waals surface area contributed by atoms with Crippen molar-refractivity contribution in [1.29, 1.82) is 0 Å². The Morgan fingerprint density at radius 1 is 1.19 bits per heavy atom. The zero-order valence-electron chi connectivity index (χ0n) is 17.4. The first-order chi connectivity index (χ1) is 14.9. The fourth-order valence-corrected chi connectivity index (χ4v) is 6.03. The molecule has 3 heterocycles. The van der Waals surface area contributed by atoms with Crippen LogP contribution in [0.1, 0.15) is 48.9 Å². The molecule has 0 bridgehead atoms. The molecule has 0 unspecified atom stereocenters. The number of carbonyl (C=O) groups excluding carboxylic acids is 1. The standard InChI is InChI=1S/C21H24ClN5O3S/c1-3-25(4-2)31(29,30)18-14-15(10-11-16(18)22)21(28)26-13-7-8-17(26)20-24-23-19-9-5-6-12-27(19)20/h5-6,9-12,14,17H,3-4,7-8,13H2,1-2H3/t17-/m1/s1. The molecule has 8 nitrogen and oxygen atoms in total. The summed E-state index contributed by atoms with van der Waals surface area (Å²) in [6.45, 7) is 4.73. The number of likely N-dealkylation sites (tertiary alicyclic amines) is 1. The molecular formula is C21H24ClN5O3S. The quantitative estimate of drug-likeness (QED) is 0.561. The molecule has 1 atom stereocenters. The molecule has 4 rings (SSSR count). The van der Waals surface area contributed by atoms with Crippen molar-refractivity contribution in [3.8, 4) is 0 Å². The lowest BCUT2D eigenvalue weighted by atomic mass is 10.1. The van der Waals surface area contributed by atoms with Gasteiger partial charge in [0.15, 0.2) is 11.5 Å². The summed E-state index contributed by atoms with van der Waals surface area (Å²) in [7, 11) is -3.79. The van der Waals surface area contributed by atoms with Crippen molar-refractivity contribution >= 4 is 33.2 Å². The maximum Gasteiger partial charge on any atom is 0.254 e. The van der Waals surface area contributed by atoms with Crippen molar-refractivity contribution in [3.63, 3.8) is 0 Å². The average Bonchev–Trinajstić information content (AvgIpc) is 3.41. The highest BCUT2D eigenvalue weighted by Crippen LogP contribution is 2.33. The SMILES string of the molecule is CCN(CC)S(=O)(=O)c1cc(C(=O)N2CCC[C@@H]2c2nnc3ccccn23)ccc1Cl. The monoisotopic (exact) mass is 461 g/mol. The van der Waals surface area contributed by atoms with Crippen LogP contribution < -0.4 is 0 Å². The van der Waals surface area contributed by atoms with E-state index in [0.29, 0.717) is 25.5 Å². The number of rotatable bonds is 6. The van der Waals surface area contributed by atoms with Crippen LogP contribution in [0.25, 0.3) is 5.65 Å². The lowest BCUT2D eigenvalue weighted by molar-refractivity contribution is 0.0729. The average molecular weight is 462 g/mol. The van der Waals surface area contributed by atoms with Gasteiger partial charge >= 0.3 is 0 Å². The molecule has 10 heteroatoms. The lowest BCUT2D eigenvalue weighted by Gasteiger charge is -2.24. The molecule has 1 aliphatic rings. The normalized spacial score (nSPS) is 17.0. The van der Waals surface area contributed by atoms with Gasteiger partial charge in [0.1, 0.15) is 4.90 Å². The molecule has 31 heavy (non-hydrogen) atoms. The summed E-state index contributed by atoms with van der Waals surface area (Å²) in [6, 6.07) is 9.84. The molecule has 1 amide bonds. The maximum atomic E-state index is 13.4. The van der Waals surface area contributed by atoms with E-state index in [-0.39, 0.29) is 27.4 Å². The summed E-state index contributed by atoms with van der Waals surface area (Å²) in [5, 5.41) is 8.62. The predicted octanol–water partition coefficient (Wildman–Crippen LogP) is 3.39. The predicted molar refractivity (Wildman–Crippen MR) is 118 cm³/mol. The minimum Gasteiger partial charge on any atom is -0.328 e. The zero-order chi connectivity index (χ0) is 22.2. The van der Waals surface area contributed by atoms with Gasteiger partial charge in [0.25, 0.3) is 5.91 Å². The van der Waals surface area contributed by atoms with Gasteiger partial charge in [0.05, 0.1) is 11.1 Å². The Morgan fingerprint density at radius 2 is 1.97 bits per heavy atom. The third-order valence-corrected chi connectivity index (χ3v) is 8.18. The number of sulfonamides is 1. The van der Waals surface area contributed by atoms with Crippen LogP contribution in [0.15, 0.2) is 47.5 Å². The highest BCUT2D eigenvalue weighted by Gasteiger charge is 2.34. The minimum absolute atomic E-state index is 0.0487. The van der Waals surface area contributed by atoms with Crippen molar-refractivity contribution in [2.24, 2.45) is 0 Å². The Morgan fingerprint density at radius 3 is 2.71 bits per heavy atom. The second-order valence-electron chi connectivity index (χ2n) is 7.38. The maximum absolute atomic E-state index is 13.4. The first-order valence-electron chi connectivity index (χ1n) is 10.3. The molecule has 1 fully saturated rings. The summed E-state index contributed by atoms with van der Waals surface area (Å²) in [6.07, 6.45) is 3.47. The Hall–Kier alpha value is -2.49. The Bertz CT molecular complexity index is 1220. The van der Waals surface area contributed by atoms with Crippen LogP contribution in [0.4, 0.5) is 0 Å². The first kappa shape index (κ1) is 21.7. The topological polar surface area (TPSA) is 87.9 Å². The number of carbonyl (C=O) groups is 1. The molecule has 1 aromatic carbocycles. The van der Waals surface area contributed by atoms with Crippen molar-refractivity contribution < 1.29 is 13.2 Å². The van der Waals surface area contributed by atoms with Crippen molar-refractivity contribution in [3.05, 3.63) is 59.0 Å². The molecule has 1 aliphatic heterocycles. The van der Waals surface area contributed by atoms with Gasteiger partial charge in [-0.1, -0.05) is 31.5 Å². The number of halogens is 1. The van der Waals surface area contributed by atoms with Crippen molar-refractivity contribution in [2.75, 3.05) is 19.6 Å². The van der Waals surface area contributed by atoms with Gasteiger partial charge in [-0.05, 0) is 43.2 Å². The van der Waals surface area contributed by atoms with E-state index in [4.69, 9.17) is 11.6 Å². The summed E-state index contributed by atoms with van der Waals surface area (Å²) >= 11 is 6.23. The number of amides is 1. The second kappa shape index (κ2) is 8.57. The van der Waals surface area contributed by atoms with Gasteiger partial charge in [-0.15, -0.1) is 10.2 Å². The fraction of sp³-hybridized carbons (Fsp3) is 0.381. The smallest absolute Gasteiger partial charge is 0.254 e. The molecular weight excluding hydrogens is 438 g/mol. The summed E-state index contributed by atoms with van der Waals surface area (Å²) in [5.41, 5.74) is 1.01. The Labute approximate surface area is 186 Å². The van der Waals surface area contributed by atoms with Crippen molar-refractivity contribution in [2.45, 2.75) is 37.6 Å². The van der Waals surface area contributed by atoms with Crippen LogP contribution in [0.5, 0.6) is 0 Å². The summed E-state index contributed by atoms with van der Waals surface area (Å²) in [4.78, 5) is 15.1. The van der Waals surface area contributed by atoms with E-state index >= 15 is 0 Å². The van der Waals surface area contributed by atoms with E-state index in [1.807, 2.05) is 28.8 Å². The first-order valence-corrected chi connectivity index (χ1v) is 12.1. The third kappa shape index (κ3) is 3.81. The number of fused-ring (bicyclic) bond motifs is 1. The number of hydrogen-bond donors (Lipinski definition) is 0. The van der Waals surface area contributed by atoms with Crippen LogP contribution in [0.2, 0.25) is 5.02 Å². The van der Waals surface area contributed by atoms with Crippen LogP contribution in [0, 0.1) is 0 Å². The number of nitrogens with zero attached hydrogens (tertiary/aromatic N) is 5. The van der Waals surface area contributed by atoms with Gasteiger partial charge in [0.2, 0.25) is 10.0 Å². The lowest BCUT2D eigenvalue weighted by Crippen LogP contribution is -2.33. The molecule has 1 saturated heterocycles. The van der Waals surface area contributed by atoms with E-state index in [0.717, 1.165) is 18.5 Å². The van der Waals surface area contributed by atoms with Crippen LogP contribution in [0.3, 0.4) is 0 Å². The van der Waals surface area contributed by atoms with Gasteiger partial charge in [-0.2, -0.15) is 4.31 Å². The molecule has 0 N–H and O–H groups in total. The molecule has 0 saturated carbocycles. The Kier molecular flexibility index (Phi) is 6.00. The number of pyridine rings is 1. The number of benzene rings is 1. The highest BCUT2D eigenvalue weighted by molar-refractivity contribution is 7.89. The van der Waals surface area contributed by atoms with E-state index in [1.54, 1.807) is 24.8 Å². The van der Waals surface area contributed by atoms with E-state index in [2.05, 4.69) is 10.2 Å². The van der Waals surface area contributed by atoms with Crippen LogP contribution >= 0.6 is 11.6 Å². The number of hydrogen-bond acceptors (Lipinski definition) is 5. The molecule has 2 aromatic heterocycles. The van der Waals surface area contributed by atoms with Crippen molar-refractivity contribution in [1.82, 2.24) is 23.8 Å². The van der Waals surface area contributed by atoms with E-state index < -0.39 is 10.0 Å². The molecule has 0 aliphatic carbocycles. The van der Waals surface area contributed by atoms with Gasteiger partial charge < -0.3 is 4.90 Å². The largest absolute Gasteiger partial charge is 0.328 e. The molecule has 164 valence electrons. The second-order valence-corrected chi connectivity index (χ2v) is 9.69. The van der Waals surface area contributed by atoms with Gasteiger partial charge in [0, 0.05) is 31.4 Å². The third-order valence-electron chi connectivity index (χ3n) is 5.65. The molecule has 3 aromatic rings. The van der Waals surface area contributed by atoms with Gasteiger partial charge in [-0.25, -0.2) is 8.42 Å². The highest BCUT2D eigenvalue weighted by atomic mass is 35.5. The zero-order valence-corrected chi connectivity index (χ0v) is 19.0. The summed E-state index contributed by atoms with van der Waals surface area (Å²) < 4.78 is 29.2. The number of aromatic nitrogens is 3. The molecule has 0 radical (unpaired) electrons. The van der Waals surface area contributed by atoms with Crippen LogP contribution in [-0.4, -0.2) is 57.8 Å². The van der Waals surface area contributed by atoms with Gasteiger partial charge in [-0.3, -0.25) is 9.20 Å².